The van der Waals surface area contributed by atoms with Crippen molar-refractivity contribution in [3.8, 4) is 5.75 Å². The van der Waals surface area contributed by atoms with Crippen LogP contribution >= 0.6 is 0 Å². The first-order valence-corrected chi connectivity index (χ1v) is 12.2. The number of nitrogens with zero attached hydrogens (tertiary/aromatic N) is 2. The van der Waals surface area contributed by atoms with Crippen molar-refractivity contribution in [3.63, 3.8) is 0 Å². The first-order chi connectivity index (χ1) is 17.8. The topological polar surface area (TPSA) is 88.2 Å². The van der Waals surface area contributed by atoms with Crippen molar-refractivity contribution in [1.82, 2.24) is 15.1 Å². The second-order valence-electron chi connectivity index (χ2n) is 9.11. The van der Waals surface area contributed by atoms with Crippen LogP contribution in [-0.4, -0.2) is 83.0 Å². The molecular formula is C26H28B2FN3O5. The molecule has 1 fully saturated rings. The largest absolute Gasteiger partial charge is 0.488 e. The molecule has 2 aromatic carbocycles. The van der Waals surface area contributed by atoms with Crippen LogP contribution in [0.15, 0.2) is 36.4 Å². The van der Waals surface area contributed by atoms with E-state index < -0.39 is 17.2 Å². The minimum atomic E-state index is -1.33. The number of carbonyl (C=O) groups is 3. The molecule has 11 heteroatoms. The molecule has 2 aliphatic heterocycles. The van der Waals surface area contributed by atoms with Crippen LogP contribution in [0.2, 0.25) is 0 Å². The van der Waals surface area contributed by atoms with Crippen LogP contribution < -0.4 is 10.1 Å². The Morgan fingerprint density at radius 1 is 1.27 bits per heavy atom. The first-order valence-electron chi connectivity index (χ1n) is 12.2. The number of benzene rings is 2. The highest BCUT2D eigenvalue weighted by Crippen LogP contribution is 2.34. The molecule has 2 aliphatic rings. The zero-order chi connectivity index (χ0) is 26.6. The third-order valence-electron chi connectivity index (χ3n) is 6.87. The Balaban J connectivity index is 1.49. The van der Waals surface area contributed by atoms with Gasteiger partial charge >= 0.3 is 0 Å². The summed E-state index contributed by atoms with van der Waals surface area (Å²) in [6.45, 7) is 2.17. The van der Waals surface area contributed by atoms with Crippen molar-refractivity contribution in [3.05, 3.63) is 64.5 Å². The van der Waals surface area contributed by atoms with Gasteiger partial charge in [-0.15, -0.1) is 0 Å². The lowest BCUT2D eigenvalue weighted by Gasteiger charge is -2.42. The van der Waals surface area contributed by atoms with Gasteiger partial charge in [-0.25, -0.2) is 4.39 Å². The summed E-state index contributed by atoms with van der Waals surface area (Å²) in [7, 11) is 14.2. The normalized spacial score (nSPS) is 16.8. The lowest BCUT2D eigenvalue weighted by molar-refractivity contribution is -0.125. The van der Waals surface area contributed by atoms with Crippen LogP contribution in [0.3, 0.4) is 0 Å². The summed E-state index contributed by atoms with van der Waals surface area (Å²) in [5.74, 6) is -0.755. The molecule has 1 N–H and O–H groups in total. The summed E-state index contributed by atoms with van der Waals surface area (Å²) in [5.41, 5.74) is 1.76. The summed E-state index contributed by atoms with van der Waals surface area (Å²) < 4.78 is 26.3. The van der Waals surface area contributed by atoms with Gasteiger partial charge in [-0.1, -0.05) is 18.2 Å². The van der Waals surface area contributed by atoms with Crippen molar-refractivity contribution in [1.29, 1.82) is 0 Å². The molecule has 0 aromatic heterocycles. The summed E-state index contributed by atoms with van der Waals surface area (Å²) in [6.07, 6.45) is 1.08. The highest BCUT2D eigenvalue weighted by atomic mass is 19.1. The van der Waals surface area contributed by atoms with Gasteiger partial charge in [0, 0.05) is 43.2 Å². The van der Waals surface area contributed by atoms with E-state index in [2.05, 4.69) is 5.32 Å². The number of halogens is 1. The number of ether oxygens (including phenoxy) is 2. The summed E-state index contributed by atoms with van der Waals surface area (Å²) >= 11 is 0. The summed E-state index contributed by atoms with van der Waals surface area (Å²) in [6, 6.07) is 8.83. The molecule has 190 valence electrons. The van der Waals surface area contributed by atoms with E-state index in [1.807, 2.05) is 4.90 Å². The third-order valence-corrected chi connectivity index (χ3v) is 6.87. The van der Waals surface area contributed by atoms with Crippen molar-refractivity contribution in [2.45, 2.75) is 37.4 Å². The number of nitrogens with one attached hydrogen (secondary N) is 1. The minimum Gasteiger partial charge on any atom is -0.488 e. The van der Waals surface area contributed by atoms with Crippen LogP contribution in [0.4, 0.5) is 4.39 Å². The molecule has 2 aromatic rings. The van der Waals surface area contributed by atoms with E-state index >= 15 is 4.39 Å². The maximum Gasteiger partial charge on any atom is 0.255 e. The highest BCUT2D eigenvalue weighted by molar-refractivity contribution is 6.39. The summed E-state index contributed by atoms with van der Waals surface area (Å²) in [4.78, 5) is 39.6. The molecule has 2 heterocycles. The molecule has 37 heavy (non-hydrogen) atoms. The number of hydrogen-bond acceptors (Lipinski definition) is 6. The van der Waals surface area contributed by atoms with Gasteiger partial charge < -0.3 is 29.4 Å². The molecule has 4 radical (unpaired) electrons. The quantitative estimate of drug-likeness (QED) is 0.388. The molecular weight excluding hydrogens is 475 g/mol. The third kappa shape index (κ3) is 5.57. The predicted octanol–water partition coefficient (Wildman–Crippen LogP) is 1.23. The Morgan fingerprint density at radius 3 is 2.70 bits per heavy atom. The number of rotatable bonds is 10. The number of amides is 2. The lowest BCUT2D eigenvalue weighted by Crippen LogP contribution is -2.52. The zero-order valence-electron chi connectivity index (χ0n) is 20.7. The van der Waals surface area contributed by atoms with Crippen molar-refractivity contribution >= 4 is 33.8 Å². The number of carbonyl (C=O) groups excluding carboxylic acids is 3. The monoisotopic (exact) mass is 503 g/mol. The minimum absolute atomic E-state index is 0.0829. The van der Waals surface area contributed by atoms with Gasteiger partial charge in [-0.3, -0.25) is 9.59 Å². The van der Waals surface area contributed by atoms with E-state index in [-0.39, 0.29) is 37.8 Å². The molecule has 0 spiro atoms. The highest BCUT2D eigenvalue weighted by Gasteiger charge is 2.37. The number of hydrogen-bond donors (Lipinski definition) is 1. The van der Waals surface area contributed by atoms with E-state index in [0.717, 1.165) is 6.29 Å². The number of likely N-dealkylation sites (N-methyl/N-ethyl adjacent to an activating group) is 1. The Hall–Kier alpha value is -3.17. The molecule has 1 saturated heterocycles. The SMILES string of the molecule is [B]C([B])(c1ccc(COc2cccc3c2CN(C(CCC=O)C(=O)NC)C3=O)c(F)c1)N1CCOCC1. The standard InChI is InChI=1S/C26H28B2FN3O5/c1-30-24(34)22(5-3-11-33)32-15-20-19(25(32)35)4-2-6-23(20)37-16-17-7-8-18(14-21(17)29)26(27,28)31-9-12-36-13-10-31/h2,4,6-8,11,14,22H,3,5,9-10,12-13,15-16H2,1H3,(H,30,34). The molecule has 2 amide bonds. The summed E-state index contributed by atoms with van der Waals surface area (Å²) in [5, 5.41) is 1.22. The van der Waals surface area contributed by atoms with Crippen LogP contribution in [0.1, 0.15) is 39.9 Å². The fourth-order valence-electron chi connectivity index (χ4n) is 4.72. The molecule has 0 aliphatic carbocycles. The smallest absolute Gasteiger partial charge is 0.255 e. The number of aldehydes is 1. The number of fused-ring (bicyclic) bond motifs is 1. The van der Waals surface area contributed by atoms with Gasteiger partial charge in [0.25, 0.3) is 5.91 Å². The van der Waals surface area contributed by atoms with Gasteiger partial charge in [-0.2, -0.15) is 0 Å². The fraction of sp³-hybridized carbons (Fsp3) is 0.423. The predicted molar refractivity (Wildman–Crippen MR) is 136 cm³/mol. The number of morpholine rings is 1. The molecule has 1 unspecified atom stereocenters. The van der Waals surface area contributed by atoms with Crippen LogP contribution in [0.25, 0.3) is 0 Å². The van der Waals surface area contributed by atoms with Crippen molar-refractivity contribution < 1.29 is 28.2 Å². The zero-order valence-corrected chi connectivity index (χ0v) is 20.7. The van der Waals surface area contributed by atoms with Gasteiger partial charge in [0.15, 0.2) is 0 Å². The van der Waals surface area contributed by atoms with Gasteiger partial charge in [0.1, 0.15) is 30.5 Å². The van der Waals surface area contributed by atoms with Crippen LogP contribution in [-0.2, 0) is 32.8 Å². The van der Waals surface area contributed by atoms with Gasteiger partial charge in [-0.05, 0) is 35.5 Å². The molecule has 0 bridgehead atoms. The Morgan fingerprint density at radius 2 is 2.03 bits per heavy atom. The van der Waals surface area contributed by atoms with Crippen molar-refractivity contribution in [2.75, 3.05) is 33.4 Å². The van der Waals surface area contributed by atoms with Crippen molar-refractivity contribution in [2.24, 2.45) is 0 Å². The van der Waals surface area contributed by atoms with Crippen LogP contribution in [0.5, 0.6) is 5.75 Å². The average Bonchev–Trinajstić information content (AvgIpc) is 3.25. The second kappa shape index (κ2) is 11.5. The maximum absolute atomic E-state index is 15.0. The molecule has 0 saturated carbocycles. The van der Waals surface area contributed by atoms with E-state index in [1.165, 1.54) is 18.0 Å². The first kappa shape index (κ1) is 26.9. The van der Waals surface area contributed by atoms with Crippen LogP contribution in [0, 0.1) is 5.82 Å². The van der Waals surface area contributed by atoms with E-state index in [4.69, 9.17) is 25.2 Å². The maximum atomic E-state index is 15.0. The Labute approximate surface area is 218 Å². The fourth-order valence-corrected chi connectivity index (χ4v) is 4.72. The van der Waals surface area contributed by atoms with E-state index in [1.54, 1.807) is 30.3 Å². The van der Waals surface area contributed by atoms with E-state index in [0.29, 0.717) is 54.3 Å². The second-order valence-corrected chi connectivity index (χ2v) is 9.11. The molecule has 1 atom stereocenters. The molecule has 4 rings (SSSR count). The van der Waals surface area contributed by atoms with Gasteiger partial charge in [0.2, 0.25) is 5.91 Å². The molecule has 8 nitrogen and oxygen atoms in total. The average molecular weight is 503 g/mol. The van der Waals surface area contributed by atoms with E-state index in [9.17, 15) is 14.4 Å². The Bertz CT molecular complexity index is 1170. The van der Waals surface area contributed by atoms with Gasteiger partial charge in [0.05, 0.1) is 35.5 Å². The lowest BCUT2D eigenvalue weighted by atomic mass is 9.56. The Kier molecular flexibility index (Phi) is 8.34.